The quantitative estimate of drug-likeness (QED) is 0.876. The van der Waals surface area contributed by atoms with Gasteiger partial charge in [0.05, 0.1) is 11.4 Å². The van der Waals surface area contributed by atoms with E-state index in [1.165, 1.54) is 0 Å². The molecule has 1 fully saturated rings. The van der Waals surface area contributed by atoms with E-state index in [4.69, 9.17) is 0 Å². The largest absolute Gasteiger partial charge is 0.381 e. The molecule has 19 heavy (non-hydrogen) atoms. The molecule has 1 saturated heterocycles. The Morgan fingerprint density at radius 1 is 1.32 bits per heavy atom. The average molecular weight is 260 g/mol. The predicted molar refractivity (Wildman–Crippen MR) is 80.6 cm³/mol. The number of hydrogen-bond donors (Lipinski definition) is 1. The molecule has 0 spiro atoms. The molecule has 3 heteroatoms. The molecular weight excluding hydrogens is 236 g/mol. The maximum atomic E-state index is 11.9. The van der Waals surface area contributed by atoms with Crippen molar-refractivity contribution in [1.29, 1.82) is 0 Å². The Bertz CT molecular complexity index is 444. The van der Waals surface area contributed by atoms with Gasteiger partial charge >= 0.3 is 0 Å². The van der Waals surface area contributed by atoms with Crippen LogP contribution >= 0.6 is 0 Å². The van der Waals surface area contributed by atoms with E-state index in [0.717, 1.165) is 30.8 Å². The number of nitrogens with zero attached hydrogens (tertiary/aromatic N) is 1. The van der Waals surface area contributed by atoms with Crippen molar-refractivity contribution in [2.75, 3.05) is 16.8 Å². The van der Waals surface area contributed by atoms with Crippen molar-refractivity contribution in [3.63, 3.8) is 0 Å². The molecule has 1 aromatic carbocycles. The fourth-order valence-electron chi connectivity index (χ4n) is 2.48. The fraction of sp³-hybridized carbons (Fsp3) is 0.562. The van der Waals surface area contributed by atoms with Crippen molar-refractivity contribution in [2.45, 2.75) is 46.1 Å². The number of benzene rings is 1. The number of anilines is 2. The smallest absolute Gasteiger partial charge is 0.227 e. The lowest BCUT2D eigenvalue weighted by molar-refractivity contribution is -0.117. The second-order valence-electron chi connectivity index (χ2n) is 5.48. The third kappa shape index (κ3) is 3.09. The molecule has 1 amide bonds. The van der Waals surface area contributed by atoms with E-state index in [1.807, 2.05) is 23.1 Å². The van der Waals surface area contributed by atoms with E-state index >= 15 is 0 Å². The van der Waals surface area contributed by atoms with Gasteiger partial charge in [-0.05, 0) is 31.4 Å². The van der Waals surface area contributed by atoms with E-state index < -0.39 is 0 Å². The van der Waals surface area contributed by atoms with Crippen LogP contribution in [0.3, 0.4) is 0 Å². The van der Waals surface area contributed by atoms with Gasteiger partial charge in [0, 0.05) is 19.0 Å². The third-order valence-corrected chi connectivity index (χ3v) is 4.15. The van der Waals surface area contributed by atoms with E-state index in [2.05, 4.69) is 32.2 Å². The highest BCUT2D eigenvalue weighted by Crippen LogP contribution is 2.30. The molecule has 0 aromatic heterocycles. The summed E-state index contributed by atoms with van der Waals surface area (Å²) >= 11 is 0. The van der Waals surface area contributed by atoms with Gasteiger partial charge in [0.25, 0.3) is 0 Å². The highest BCUT2D eigenvalue weighted by Gasteiger charge is 2.24. The minimum atomic E-state index is 0.241. The standard InChI is InChI=1S/C16H24N2O/c1-4-12(2)13(3)17-14-8-5-6-9-15(14)18-11-7-10-16(18)19/h5-6,8-9,12-13,17H,4,7,10-11H2,1-3H3. The van der Waals surface area contributed by atoms with Gasteiger partial charge in [0.15, 0.2) is 0 Å². The summed E-state index contributed by atoms with van der Waals surface area (Å²) in [6, 6.07) is 8.54. The van der Waals surface area contributed by atoms with Crippen molar-refractivity contribution in [3.8, 4) is 0 Å². The highest BCUT2D eigenvalue weighted by atomic mass is 16.2. The van der Waals surface area contributed by atoms with E-state index in [0.29, 0.717) is 18.4 Å². The fourth-order valence-corrected chi connectivity index (χ4v) is 2.48. The predicted octanol–water partition coefficient (Wildman–Crippen LogP) is 3.66. The van der Waals surface area contributed by atoms with Crippen LogP contribution < -0.4 is 10.2 Å². The first-order chi connectivity index (χ1) is 9.13. The van der Waals surface area contributed by atoms with Crippen LogP contribution in [0.2, 0.25) is 0 Å². The van der Waals surface area contributed by atoms with Crippen LogP contribution in [0.5, 0.6) is 0 Å². The molecule has 1 aliphatic rings. The molecule has 2 rings (SSSR count). The number of rotatable bonds is 5. The average Bonchev–Trinajstić information content (AvgIpc) is 2.84. The first-order valence-corrected chi connectivity index (χ1v) is 7.29. The Morgan fingerprint density at radius 2 is 2.05 bits per heavy atom. The second kappa shape index (κ2) is 6.09. The summed E-state index contributed by atoms with van der Waals surface area (Å²) in [6.07, 6.45) is 2.79. The zero-order valence-corrected chi connectivity index (χ0v) is 12.1. The van der Waals surface area contributed by atoms with E-state index in [9.17, 15) is 4.79 Å². The zero-order valence-electron chi connectivity index (χ0n) is 12.1. The Balaban J connectivity index is 2.19. The number of amides is 1. The number of carbonyl (C=O) groups is 1. The summed E-state index contributed by atoms with van der Waals surface area (Å²) in [5.74, 6) is 0.854. The summed E-state index contributed by atoms with van der Waals surface area (Å²) in [4.78, 5) is 13.8. The molecule has 1 heterocycles. The molecule has 1 aromatic rings. The maximum Gasteiger partial charge on any atom is 0.227 e. The molecule has 1 aliphatic heterocycles. The van der Waals surface area contributed by atoms with Gasteiger partial charge in [0.1, 0.15) is 0 Å². The lowest BCUT2D eigenvalue weighted by atomic mass is 10.0. The summed E-state index contributed by atoms with van der Waals surface area (Å²) in [5.41, 5.74) is 2.10. The van der Waals surface area contributed by atoms with Crippen molar-refractivity contribution in [3.05, 3.63) is 24.3 Å². The van der Waals surface area contributed by atoms with Gasteiger partial charge in [0.2, 0.25) is 5.91 Å². The minimum absolute atomic E-state index is 0.241. The molecule has 0 bridgehead atoms. The number of para-hydroxylation sites is 2. The maximum absolute atomic E-state index is 11.9. The van der Waals surface area contributed by atoms with Crippen molar-refractivity contribution < 1.29 is 4.79 Å². The van der Waals surface area contributed by atoms with Crippen molar-refractivity contribution >= 4 is 17.3 Å². The third-order valence-electron chi connectivity index (χ3n) is 4.15. The molecular formula is C16H24N2O. The normalized spacial score (nSPS) is 18.5. The van der Waals surface area contributed by atoms with Gasteiger partial charge in [-0.25, -0.2) is 0 Å². The van der Waals surface area contributed by atoms with Crippen molar-refractivity contribution in [2.24, 2.45) is 5.92 Å². The summed E-state index contributed by atoms with van der Waals surface area (Å²) in [7, 11) is 0. The van der Waals surface area contributed by atoms with E-state index in [1.54, 1.807) is 0 Å². The lowest BCUT2D eigenvalue weighted by Crippen LogP contribution is -2.28. The molecule has 2 unspecified atom stereocenters. The minimum Gasteiger partial charge on any atom is -0.381 e. The summed E-state index contributed by atoms with van der Waals surface area (Å²) in [6.45, 7) is 7.51. The summed E-state index contributed by atoms with van der Waals surface area (Å²) in [5, 5.41) is 3.56. The molecule has 1 N–H and O–H groups in total. The van der Waals surface area contributed by atoms with Crippen LogP contribution in [0.15, 0.2) is 24.3 Å². The van der Waals surface area contributed by atoms with Crippen LogP contribution in [-0.2, 0) is 4.79 Å². The van der Waals surface area contributed by atoms with Gasteiger partial charge in [-0.2, -0.15) is 0 Å². The molecule has 2 atom stereocenters. The molecule has 0 aliphatic carbocycles. The zero-order chi connectivity index (χ0) is 13.8. The topological polar surface area (TPSA) is 32.3 Å². The van der Waals surface area contributed by atoms with Crippen LogP contribution in [0.1, 0.15) is 40.0 Å². The van der Waals surface area contributed by atoms with Crippen molar-refractivity contribution in [1.82, 2.24) is 0 Å². The van der Waals surface area contributed by atoms with Gasteiger partial charge in [-0.15, -0.1) is 0 Å². The van der Waals surface area contributed by atoms with Crippen LogP contribution in [0.4, 0.5) is 11.4 Å². The van der Waals surface area contributed by atoms with Crippen LogP contribution in [0, 0.1) is 5.92 Å². The first kappa shape index (κ1) is 13.9. The van der Waals surface area contributed by atoms with Crippen LogP contribution in [0.25, 0.3) is 0 Å². The second-order valence-corrected chi connectivity index (χ2v) is 5.48. The molecule has 0 radical (unpaired) electrons. The van der Waals surface area contributed by atoms with Crippen LogP contribution in [-0.4, -0.2) is 18.5 Å². The lowest BCUT2D eigenvalue weighted by Gasteiger charge is -2.25. The van der Waals surface area contributed by atoms with Gasteiger partial charge in [-0.1, -0.05) is 32.4 Å². The SMILES string of the molecule is CCC(C)C(C)Nc1ccccc1N1CCCC1=O. The van der Waals surface area contributed by atoms with Gasteiger partial charge < -0.3 is 10.2 Å². The Kier molecular flexibility index (Phi) is 4.46. The summed E-state index contributed by atoms with van der Waals surface area (Å²) < 4.78 is 0. The Morgan fingerprint density at radius 3 is 2.68 bits per heavy atom. The monoisotopic (exact) mass is 260 g/mol. The van der Waals surface area contributed by atoms with Gasteiger partial charge in [-0.3, -0.25) is 4.79 Å². The highest BCUT2D eigenvalue weighted by molar-refractivity contribution is 5.98. The Hall–Kier alpha value is -1.51. The Labute approximate surface area is 116 Å². The molecule has 0 saturated carbocycles. The molecule has 104 valence electrons. The number of hydrogen-bond acceptors (Lipinski definition) is 2. The number of carbonyl (C=O) groups excluding carboxylic acids is 1. The van der Waals surface area contributed by atoms with E-state index in [-0.39, 0.29) is 5.91 Å². The molecule has 3 nitrogen and oxygen atoms in total. The first-order valence-electron chi connectivity index (χ1n) is 7.29. The number of nitrogens with one attached hydrogen (secondary N) is 1.